The third kappa shape index (κ3) is 2.63. The van der Waals surface area contributed by atoms with Gasteiger partial charge in [-0.1, -0.05) is 0 Å². The van der Waals surface area contributed by atoms with Gasteiger partial charge in [0.25, 0.3) is 5.91 Å². The molecular weight excluding hydrogens is 233 g/mol. The molecule has 0 aliphatic carbocycles. The van der Waals surface area contributed by atoms with Crippen molar-refractivity contribution in [2.45, 2.75) is 6.92 Å². The number of nitrogens with two attached hydrogens (primary N) is 1. The second-order valence-electron chi connectivity index (χ2n) is 3.90. The predicted octanol–water partition coefficient (Wildman–Crippen LogP) is 2.36. The zero-order chi connectivity index (χ0) is 13.1. The normalized spacial score (nSPS) is 10.1. The number of nitrogens with one attached hydrogen (secondary N) is 1. The molecule has 0 saturated heterocycles. The molecule has 1 amide bonds. The zero-order valence-electron chi connectivity index (χ0n) is 9.77. The van der Waals surface area contributed by atoms with Crippen molar-refractivity contribution in [1.29, 1.82) is 0 Å². The molecule has 0 fully saturated rings. The van der Waals surface area contributed by atoms with Crippen LogP contribution in [-0.4, -0.2) is 10.9 Å². The Balaban J connectivity index is 2.22. The Morgan fingerprint density at radius 2 is 2.11 bits per heavy atom. The number of hydrogen-bond donors (Lipinski definition) is 2. The molecule has 18 heavy (non-hydrogen) atoms. The molecule has 2 aromatic rings. The van der Waals surface area contributed by atoms with Gasteiger partial charge >= 0.3 is 0 Å². The number of pyridine rings is 1. The average Bonchev–Trinajstić information content (AvgIpc) is 2.28. The molecule has 1 aromatic carbocycles. The monoisotopic (exact) mass is 245 g/mol. The molecule has 3 N–H and O–H groups in total. The molecule has 1 heterocycles. The highest BCUT2D eigenvalue weighted by Gasteiger charge is 2.11. The van der Waals surface area contributed by atoms with Crippen LogP contribution in [0.5, 0.6) is 0 Å². The van der Waals surface area contributed by atoms with Crippen molar-refractivity contribution in [2.24, 2.45) is 0 Å². The minimum atomic E-state index is -0.474. The van der Waals surface area contributed by atoms with E-state index in [1.54, 1.807) is 12.3 Å². The second kappa shape index (κ2) is 4.83. The van der Waals surface area contributed by atoms with Gasteiger partial charge in [0.15, 0.2) is 0 Å². The maximum atomic E-state index is 12.9. The standard InChI is InChI=1S/C13H12FN3O/c1-8-4-5-16-12(6-8)17-13(18)10-3-2-9(14)7-11(10)15/h2-7H,15H2,1H3,(H,16,17,18). The van der Waals surface area contributed by atoms with Crippen molar-refractivity contribution in [3.63, 3.8) is 0 Å². The van der Waals surface area contributed by atoms with E-state index in [0.29, 0.717) is 5.82 Å². The highest BCUT2D eigenvalue weighted by atomic mass is 19.1. The van der Waals surface area contributed by atoms with Crippen molar-refractivity contribution in [3.8, 4) is 0 Å². The summed E-state index contributed by atoms with van der Waals surface area (Å²) in [6, 6.07) is 7.20. The van der Waals surface area contributed by atoms with Gasteiger partial charge in [-0.2, -0.15) is 0 Å². The fraction of sp³-hybridized carbons (Fsp3) is 0.0769. The SMILES string of the molecule is Cc1ccnc(NC(=O)c2ccc(F)cc2N)c1. The smallest absolute Gasteiger partial charge is 0.258 e. The maximum absolute atomic E-state index is 12.9. The second-order valence-corrected chi connectivity index (χ2v) is 3.90. The summed E-state index contributed by atoms with van der Waals surface area (Å²) in [5, 5.41) is 2.61. The maximum Gasteiger partial charge on any atom is 0.258 e. The molecule has 0 unspecified atom stereocenters. The van der Waals surface area contributed by atoms with Gasteiger partial charge < -0.3 is 11.1 Å². The molecule has 5 heteroatoms. The lowest BCUT2D eigenvalue weighted by Crippen LogP contribution is -2.15. The first-order valence-corrected chi connectivity index (χ1v) is 5.35. The van der Waals surface area contributed by atoms with Crippen LogP contribution in [0.3, 0.4) is 0 Å². The Labute approximate surface area is 104 Å². The van der Waals surface area contributed by atoms with Crippen molar-refractivity contribution < 1.29 is 9.18 Å². The van der Waals surface area contributed by atoms with Crippen LogP contribution in [0.25, 0.3) is 0 Å². The zero-order valence-corrected chi connectivity index (χ0v) is 9.77. The summed E-state index contributed by atoms with van der Waals surface area (Å²) in [5.74, 6) is -0.452. The fourth-order valence-corrected chi connectivity index (χ4v) is 1.53. The van der Waals surface area contributed by atoms with Crippen LogP contribution in [0, 0.1) is 12.7 Å². The summed E-state index contributed by atoms with van der Waals surface area (Å²) in [6.07, 6.45) is 1.60. The Morgan fingerprint density at radius 3 is 2.78 bits per heavy atom. The van der Waals surface area contributed by atoms with Crippen molar-refractivity contribution in [2.75, 3.05) is 11.1 Å². The molecule has 92 valence electrons. The number of aromatic nitrogens is 1. The van der Waals surface area contributed by atoms with Crippen molar-refractivity contribution in [3.05, 3.63) is 53.5 Å². The third-order valence-corrected chi connectivity index (χ3v) is 2.42. The molecule has 0 radical (unpaired) electrons. The van der Waals surface area contributed by atoms with E-state index < -0.39 is 11.7 Å². The first-order valence-electron chi connectivity index (χ1n) is 5.35. The summed E-state index contributed by atoms with van der Waals surface area (Å²) in [5.41, 5.74) is 6.88. The van der Waals surface area contributed by atoms with E-state index in [0.717, 1.165) is 11.6 Å². The van der Waals surface area contributed by atoms with Gasteiger partial charge in [0.05, 0.1) is 5.56 Å². The Morgan fingerprint density at radius 1 is 1.33 bits per heavy atom. The number of halogens is 1. The van der Waals surface area contributed by atoms with Gasteiger partial charge in [-0.15, -0.1) is 0 Å². The Kier molecular flexibility index (Phi) is 3.23. The van der Waals surface area contributed by atoms with E-state index in [-0.39, 0.29) is 11.3 Å². The van der Waals surface area contributed by atoms with E-state index in [9.17, 15) is 9.18 Å². The molecule has 0 atom stereocenters. The number of carbonyl (C=O) groups is 1. The summed E-state index contributed by atoms with van der Waals surface area (Å²) in [4.78, 5) is 15.9. The van der Waals surface area contributed by atoms with Crippen LogP contribution in [0.4, 0.5) is 15.9 Å². The summed E-state index contributed by atoms with van der Waals surface area (Å²) in [6.45, 7) is 1.89. The van der Waals surface area contributed by atoms with Gasteiger partial charge in [-0.25, -0.2) is 9.37 Å². The number of benzene rings is 1. The minimum Gasteiger partial charge on any atom is -0.398 e. The molecule has 0 saturated carbocycles. The Hall–Kier alpha value is -2.43. The van der Waals surface area contributed by atoms with Gasteiger partial charge in [0.2, 0.25) is 0 Å². The number of carbonyl (C=O) groups excluding carboxylic acids is 1. The Bertz CT molecular complexity index is 599. The highest BCUT2D eigenvalue weighted by Crippen LogP contribution is 2.15. The lowest BCUT2D eigenvalue weighted by molar-refractivity contribution is 0.102. The van der Waals surface area contributed by atoms with Crippen LogP contribution >= 0.6 is 0 Å². The molecule has 4 nitrogen and oxygen atoms in total. The number of amides is 1. The van der Waals surface area contributed by atoms with Crippen LogP contribution < -0.4 is 11.1 Å². The molecule has 2 rings (SSSR count). The first-order chi connectivity index (χ1) is 8.56. The van der Waals surface area contributed by atoms with Gasteiger partial charge in [0.1, 0.15) is 11.6 Å². The fourth-order valence-electron chi connectivity index (χ4n) is 1.53. The van der Waals surface area contributed by atoms with Crippen molar-refractivity contribution >= 4 is 17.4 Å². The van der Waals surface area contributed by atoms with Crippen molar-refractivity contribution in [1.82, 2.24) is 4.98 Å². The predicted molar refractivity (Wildman–Crippen MR) is 67.7 cm³/mol. The van der Waals surface area contributed by atoms with Gasteiger partial charge in [-0.3, -0.25) is 4.79 Å². The van der Waals surface area contributed by atoms with E-state index in [1.807, 2.05) is 13.0 Å². The summed E-state index contributed by atoms with van der Waals surface area (Å²) < 4.78 is 12.9. The van der Waals surface area contributed by atoms with Crippen LogP contribution in [0.1, 0.15) is 15.9 Å². The highest BCUT2D eigenvalue weighted by molar-refractivity contribution is 6.07. The number of anilines is 2. The minimum absolute atomic E-state index is 0.0974. The number of nitrogens with zero attached hydrogens (tertiary/aromatic N) is 1. The first kappa shape index (κ1) is 12.0. The molecule has 0 spiro atoms. The van der Waals surface area contributed by atoms with Gasteiger partial charge in [-0.05, 0) is 42.8 Å². The summed E-state index contributed by atoms with van der Waals surface area (Å²) in [7, 11) is 0. The molecular formula is C13H12FN3O. The van der Waals surface area contributed by atoms with Crippen LogP contribution in [0.2, 0.25) is 0 Å². The van der Waals surface area contributed by atoms with E-state index in [4.69, 9.17) is 5.73 Å². The molecule has 0 aliphatic heterocycles. The lowest BCUT2D eigenvalue weighted by atomic mass is 10.1. The third-order valence-electron chi connectivity index (χ3n) is 2.42. The number of hydrogen-bond acceptors (Lipinski definition) is 3. The number of nitrogen functional groups attached to an aromatic ring is 1. The van der Waals surface area contributed by atoms with Crippen LogP contribution in [-0.2, 0) is 0 Å². The van der Waals surface area contributed by atoms with E-state index in [2.05, 4.69) is 10.3 Å². The average molecular weight is 245 g/mol. The quantitative estimate of drug-likeness (QED) is 0.798. The van der Waals surface area contributed by atoms with Crippen LogP contribution in [0.15, 0.2) is 36.5 Å². The topological polar surface area (TPSA) is 68.0 Å². The molecule has 0 bridgehead atoms. The van der Waals surface area contributed by atoms with E-state index >= 15 is 0 Å². The lowest BCUT2D eigenvalue weighted by Gasteiger charge is -2.07. The molecule has 0 aliphatic rings. The number of aryl methyl sites for hydroxylation is 1. The number of rotatable bonds is 2. The summed E-state index contributed by atoms with van der Waals surface area (Å²) >= 11 is 0. The van der Waals surface area contributed by atoms with E-state index in [1.165, 1.54) is 12.1 Å². The molecule has 1 aromatic heterocycles. The van der Waals surface area contributed by atoms with Gasteiger partial charge in [0, 0.05) is 11.9 Å². The largest absolute Gasteiger partial charge is 0.398 e.